The fourth-order valence-electron chi connectivity index (χ4n) is 1.55. The number of pyridine rings is 1. The van der Waals surface area contributed by atoms with Gasteiger partial charge in [-0.25, -0.2) is 4.98 Å². The number of aromatic nitrogens is 1. The Hall–Kier alpha value is -0.570. The van der Waals surface area contributed by atoms with E-state index in [0.717, 1.165) is 24.2 Å². The Kier molecular flexibility index (Phi) is 4.39. The van der Waals surface area contributed by atoms with Gasteiger partial charge in [0.05, 0.1) is 0 Å². The number of hydrogen-bond acceptors (Lipinski definition) is 2. The number of nitrogens with zero attached hydrogens (tertiary/aromatic N) is 2. The minimum Gasteiger partial charge on any atom is -0.357 e. The van der Waals surface area contributed by atoms with Crippen molar-refractivity contribution in [2.45, 2.75) is 26.1 Å². The van der Waals surface area contributed by atoms with Crippen LogP contribution in [0.4, 0.5) is 5.82 Å². The normalized spacial score (nSPS) is 10.3. The van der Waals surface area contributed by atoms with Crippen LogP contribution in [0.1, 0.15) is 25.0 Å². The van der Waals surface area contributed by atoms with Crippen LogP contribution in [0.25, 0.3) is 0 Å². The highest BCUT2D eigenvalue weighted by molar-refractivity contribution is 9.08. The van der Waals surface area contributed by atoms with Crippen molar-refractivity contribution in [1.29, 1.82) is 0 Å². The van der Waals surface area contributed by atoms with Gasteiger partial charge in [-0.2, -0.15) is 0 Å². The van der Waals surface area contributed by atoms with Crippen molar-refractivity contribution < 1.29 is 0 Å². The summed E-state index contributed by atoms with van der Waals surface area (Å²) in [6.45, 7) is 8.45. The summed E-state index contributed by atoms with van der Waals surface area (Å²) in [7, 11) is 0. The average Bonchev–Trinajstić information content (AvgIpc) is 2.22. The highest BCUT2D eigenvalue weighted by Gasteiger charge is 2.06. The molecule has 0 aliphatic heterocycles. The largest absolute Gasteiger partial charge is 0.357 e. The summed E-state index contributed by atoms with van der Waals surface area (Å²) in [5.41, 5.74) is 2.49. The Morgan fingerprint density at radius 2 is 2.00 bits per heavy atom. The molecule has 0 aliphatic carbocycles. The van der Waals surface area contributed by atoms with Crippen molar-refractivity contribution in [3.05, 3.63) is 23.4 Å². The molecule has 0 saturated heterocycles. The van der Waals surface area contributed by atoms with Crippen LogP contribution in [-0.2, 0) is 5.33 Å². The summed E-state index contributed by atoms with van der Waals surface area (Å²) in [5, 5.41) is 0.874. The quantitative estimate of drug-likeness (QED) is 0.770. The molecule has 1 heterocycles. The first-order chi connectivity index (χ1) is 6.72. The molecule has 2 nitrogen and oxygen atoms in total. The number of rotatable bonds is 4. The molecule has 1 aromatic heterocycles. The monoisotopic (exact) mass is 256 g/mol. The molecule has 0 aromatic carbocycles. The van der Waals surface area contributed by atoms with Crippen molar-refractivity contribution in [3.63, 3.8) is 0 Å². The highest BCUT2D eigenvalue weighted by Crippen LogP contribution is 2.18. The molecule has 3 heteroatoms. The number of halogens is 1. The molecular formula is C11H17BrN2. The Bertz CT molecular complexity index is 295. The van der Waals surface area contributed by atoms with Crippen molar-refractivity contribution in [2.75, 3.05) is 18.0 Å². The van der Waals surface area contributed by atoms with E-state index < -0.39 is 0 Å². The van der Waals surface area contributed by atoms with Crippen LogP contribution >= 0.6 is 15.9 Å². The predicted molar refractivity (Wildman–Crippen MR) is 65.2 cm³/mol. The number of alkyl halides is 1. The van der Waals surface area contributed by atoms with E-state index >= 15 is 0 Å². The van der Waals surface area contributed by atoms with E-state index in [0.29, 0.717) is 0 Å². The maximum Gasteiger partial charge on any atom is 0.131 e. The number of anilines is 1. The Morgan fingerprint density at radius 1 is 1.36 bits per heavy atom. The molecule has 0 atom stereocenters. The van der Waals surface area contributed by atoms with Gasteiger partial charge in [0.1, 0.15) is 5.82 Å². The fourth-order valence-corrected chi connectivity index (χ4v) is 1.86. The zero-order valence-electron chi connectivity index (χ0n) is 9.05. The van der Waals surface area contributed by atoms with Gasteiger partial charge in [0.15, 0.2) is 0 Å². The van der Waals surface area contributed by atoms with Gasteiger partial charge in [-0.15, -0.1) is 0 Å². The maximum atomic E-state index is 4.49. The Labute approximate surface area is 94.5 Å². The van der Waals surface area contributed by atoms with E-state index in [1.807, 2.05) is 6.20 Å². The lowest BCUT2D eigenvalue weighted by Crippen LogP contribution is -2.23. The second-order valence-electron chi connectivity index (χ2n) is 3.29. The van der Waals surface area contributed by atoms with Crippen LogP contribution in [0.3, 0.4) is 0 Å². The fraction of sp³-hybridized carbons (Fsp3) is 0.545. The van der Waals surface area contributed by atoms with Crippen molar-refractivity contribution in [3.8, 4) is 0 Å². The molecule has 1 rings (SSSR count). The standard InChI is InChI=1S/C11H17BrN2/c1-4-14(5-2)11-9(3)6-10(7-12)8-13-11/h6,8H,4-5,7H2,1-3H3. The number of aryl methyl sites for hydroxylation is 1. The minimum absolute atomic E-state index is 0.874. The van der Waals surface area contributed by atoms with Crippen LogP contribution < -0.4 is 4.90 Å². The Balaban J connectivity index is 2.98. The third-order valence-corrected chi connectivity index (χ3v) is 2.97. The van der Waals surface area contributed by atoms with Gasteiger partial charge < -0.3 is 4.90 Å². The van der Waals surface area contributed by atoms with Gasteiger partial charge in [-0.1, -0.05) is 22.0 Å². The first-order valence-corrected chi connectivity index (χ1v) is 6.11. The third-order valence-electron chi connectivity index (χ3n) is 2.32. The zero-order chi connectivity index (χ0) is 10.6. The molecular weight excluding hydrogens is 240 g/mol. The molecule has 0 aliphatic rings. The summed E-state index contributed by atoms with van der Waals surface area (Å²) in [5.74, 6) is 1.11. The van der Waals surface area contributed by atoms with E-state index in [9.17, 15) is 0 Å². The minimum atomic E-state index is 0.874. The van der Waals surface area contributed by atoms with E-state index in [1.54, 1.807) is 0 Å². The van der Waals surface area contributed by atoms with Gasteiger partial charge in [0, 0.05) is 24.6 Å². The van der Waals surface area contributed by atoms with Gasteiger partial charge in [-0.05, 0) is 31.9 Å². The molecule has 1 aromatic rings. The van der Waals surface area contributed by atoms with Crippen molar-refractivity contribution >= 4 is 21.7 Å². The molecule has 0 unspecified atom stereocenters. The van der Waals surface area contributed by atoms with Gasteiger partial charge in [0.25, 0.3) is 0 Å². The second-order valence-corrected chi connectivity index (χ2v) is 3.85. The van der Waals surface area contributed by atoms with Crippen LogP contribution in [0, 0.1) is 6.92 Å². The lowest BCUT2D eigenvalue weighted by atomic mass is 10.2. The Morgan fingerprint density at radius 3 is 2.43 bits per heavy atom. The van der Waals surface area contributed by atoms with Crippen LogP contribution in [-0.4, -0.2) is 18.1 Å². The highest BCUT2D eigenvalue weighted by atomic mass is 79.9. The van der Waals surface area contributed by atoms with Gasteiger partial charge >= 0.3 is 0 Å². The molecule has 0 bridgehead atoms. The topological polar surface area (TPSA) is 16.1 Å². The first kappa shape index (κ1) is 11.5. The molecule has 0 amide bonds. The first-order valence-electron chi connectivity index (χ1n) is 4.99. The van der Waals surface area contributed by atoms with Crippen LogP contribution in [0.2, 0.25) is 0 Å². The SMILES string of the molecule is CCN(CC)c1ncc(CBr)cc1C. The van der Waals surface area contributed by atoms with E-state index in [4.69, 9.17) is 0 Å². The third kappa shape index (κ3) is 2.47. The number of hydrogen-bond donors (Lipinski definition) is 0. The molecule has 0 spiro atoms. The van der Waals surface area contributed by atoms with E-state index in [1.165, 1.54) is 11.1 Å². The van der Waals surface area contributed by atoms with Crippen LogP contribution in [0.5, 0.6) is 0 Å². The second kappa shape index (κ2) is 5.35. The smallest absolute Gasteiger partial charge is 0.131 e. The molecule has 14 heavy (non-hydrogen) atoms. The van der Waals surface area contributed by atoms with E-state index in [2.05, 4.69) is 52.7 Å². The summed E-state index contributed by atoms with van der Waals surface area (Å²) in [6, 6.07) is 2.19. The molecule has 0 fully saturated rings. The van der Waals surface area contributed by atoms with Crippen molar-refractivity contribution in [1.82, 2.24) is 4.98 Å². The summed E-state index contributed by atoms with van der Waals surface area (Å²) in [6.07, 6.45) is 1.94. The summed E-state index contributed by atoms with van der Waals surface area (Å²) < 4.78 is 0. The van der Waals surface area contributed by atoms with Crippen LogP contribution in [0.15, 0.2) is 12.3 Å². The predicted octanol–water partition coefficient (Wildman–Crippen LogP) is 3.13. The molecule has 0 saturated carbocycles. The average molecular weight is 257 g/mol. The zero-order valence-corrected chi connectivity index (χ0v) is 10.6. The lowest BCUT2D eigenvalue weighted by Gasteiger charge is -2.21. The summed E-state index contributed by atoms with van der Waals surface area (Å²) in [4.78, 5) is 6.76. The molecule has 0 radical (unpaired) electrons. The maximum absolute atomic E-state index is 4.49. The van der Waals surface area contributed by atoms with Gasteiger partial charge in [0.2, 0.25) is 0 Å². The van der Waals surface area contributed by atoms with Gasteiger partial charge in [-0.3, -0.25) is 0 Å². The molecule has 0 N–H and O–H groups in total. The molecule has 78 valence electrons. The van der Waals surface area contributed by atoms with E-state index in [-0.39, 0.29) is 0 Å². The van der Waals surface area contributed by atoms with Crippen molar-refractivity contribution in [2.24, 2.45) is 0 Å². The lowest BCUT2D eigenvalue weighted by molar-refractivity contribution is 0.839. The summed E-state index contributed by atoms with van der Waals surface area (Å²) >= 11 is 3.43.